The summed E-state index contributed by atoms with van der Waals surface area (Å²) >= 11 is 0. The van der Waals surface area contributed by atoms with Crippen LogP contribution < -0.4 is 5.32 Å². The van der Waals surface area contributed by atoms with Gasteiger partial charge >= 0.3 is 0 Å². The van der Waals surface area contributed by atoms with Crippen LogP contribution in [-0.4, -0.2) is 41.6 Å². The summed E-state index contributed by atoms with van der Waals surface area (Å²) < 4.78 is 28.2. The second-order valence-corrected chi connectivity index (χ2v) is 9.59. The molecule has 1 unspecified atom stereocenters. The second-order valence-electron chi connectivity index (χ2n) is 9.59. The summed E-state index contributed by atoms with van der Waals surface area (Å²) in [6.07, 6.45) is 3.42. The van der Waals surface area contributed by atoms with Gasteiger partial charge in [-0.2, -0.15) is 0 Å². The number of tetrazole rings is 1. The maximum Gasteiger partial charge on any atom is 0.225 e. The lowest BCUT2D eigenvalue weighted by Gasteiger charge is -2.22. The first-order valence-corrected chi connectivity index (χ1v) is 12.8. The van der Waals surface area contributed by atoms with Crippen LogP contribution in [0.1, 0.15) is 22.9 Å². The van der Waals surface area contributed by atoms with E-state index in [1.807, 2.05) is 30.3 Å². The van der Waals surface area contributed by atoms with E-state index in [0.29, 0.717) is 22.6 Å². The van der Waals surface area contributed by atoms with Crippen molar-refractivity contribution in [2.75, 3.05) is 0 Å². The predicted octanol–water partition coefficient (Wildman–Crippen LogP) is 5.04. The van der Waals surface area contributed by atoms with E-state index in [1.54, 1.807) is 36.7 Å². The zero-order chi connectivity index (χ0) is 28.3. The number of carbonyl (C=O) groups is 1. The van der Waals surface area contributed by atoms with Gasteiger partial charge in [-0.25, -0.2) is 13.9 Å². The summed E-state index contributed by atoms with van der Waals surface area (Å²) in [4.78, 5) is 21.1. The van der Waals surface area contributed by atoms with E-state index in [1.165, 1.54) is 12.1 Å². The molecule has 0 aliphatic carbocycles. The molecule has 1 amide bonds. The minimum absolute atomic E-state index is 0.00755. The lowest BCUT2D eigenvalue weighted by Crippen LogP contribution is -2.32. The van der Waals surface area contributed by atoms with Crippen LogP contribution in [0.25, 0.3) is 33.4 Å². The molecule has 4 N–H and O–H groups in total. The molecule has 11 heteroatoms. The van der Waals surface area contributed by atoms with Gasteiger partial charge in [-0.1, -0.05) is 24.3 Å². The molecule has 0 saturated heterocycles. The van der Waals surface area contributed by atoms with Crippen molar-refractivity contribution in [3.8, 4) is 28.3 Å². The molecule has 0 saturated carbocycles. The van der Waals surface area contributed by atoms with Gasteiger partial charge in [0.05, 0.1) is 18.2 Å². The molecule has 0 fully saturated rings. The van der Waals surface area contributed by atoms with Crippen molar-refractivity contribution in [1.82, 2.24) is 35.9 Å². The highest BCUT2D eigenvalue weighted by Crippen LogP contribution is 2.31. The Morgan fingerprint density at radius 3 is 2.61 bits per heavy atom. The number of H-pyrrole nitrogens is 2. The Bertz CT molecular complexity index is 1830. The average molecular weight is 552 g/mol. The summed E-state index contributed by atoms with van der Waals surface area (Å²) in [6, 6.07) is 18.6. The van der Waals surface area contributed by atoms with Crippen molar-refractivity contribution < 1.29 is 18.7 Å². The van der Waals surface area contributed by atoms with Crippen molar-refractivity contribution in [2.24, 2.45) is 0 Å². The second kappa shape index (κ2) is 11.0. The number of halogens is 2. The molecule has 3 heterocycles. The van der Waals surface area contributed by atoms with E-state index >= 15 is 0 Å². The quantitative estimate of drug-likeness (QED) is 0.210. The third-order valence-corrected chi connectivity index (χ3v) is 6.76. The van der Waals surface area contributed by atoms with E-state index in [0.717, 1.165) is 33.7 Å². The van der Waals surface area contributed by atoms with Crippen molar-refractivity contribution in [1.29, 1.82) is 0 Å². The summed E-state index contributed by atoms with van der Waals surface area (Å²) in [6.45, 7) is 0. The number of nitrogens with one attached hydrogen (secondary N) is 3. The van der Waals surface area contributed by atoms with Gasteiger partial charge in [-0.05, 0) is 76.0 Å². The summed E-state index contributed by atoms with van der Waals surface area (Å²) in [7, 11) is 0. The number of fused-ring (bicyclic) bond motifs is 1. The molecule has 0 aliphatic rings. The molecule has 6 aromatic rings. The van der Waals surface area contributed by atoms with Gasteiger partial charge in [0.25, 0.3) is 0 Å². The largest absolute Gasteiger partial charge is 0.508 e. The monoisotopic (exact) mass is 551 g/mol. The first-order valence-electron chi connectivity index (χ1n) is 12.8. The van der Waals surface area contributed by atoms with Crippen molar-refractivity contribution in [3.05, 3.63) is 114 Å². The fourth-order valence-electron chi connectivity index (χ4n) is 4.97. The molecule has 9 nitrogen and oxygen atoms in total. The Morgan fingerprint density at radius 2 is 1.80 bits per heavy atom. The number of hydrogen-bond acceptors (Lipinski definition) is 6. The van der Waals surface area contributed by atoms with Crippen LogP contribution in [0.5, 0.6) is 5.75 Å². The van der Waals surface area contributed by atoms with Crippen molar-refractivity contribution in [3.63, 3.8) is 0 Å². The molecule has 6 rings (SSSR count). The molecular weight excluding hydrogens is 528 g/mol. The van der Waals surface area contributed by atoms with E-state index < -0.39 is 17.7 Å². The Labute approximate surface area is 232 Å². The van der Waals surface area contributed by atoms with Gasteiger partial charge in [-0.15, -0.1) is 5.10 Å². The third-order valence-electron chi connectivity index (χ3n) is 6.76. The number of amides is 1. The molecule has 3 aromatic heterocycles. The molecule has 0 bridgehead atoms. The van der Waals surface area contributed by atoms with Crippen LogP contribution >= 0.6 is 0 Å². The number of nitrogens with zero attached hydrogens (tertiary/aromatic N) is 4. The van der Waals surface area contributed by atoms with E-state index in [4.69, 9.17) is 0 Å². The molecule has 0 radical (unpaired) electrons. The van der Waals surface area contributed by atoms with Crippen LogP contribution in [0.2, 0.25) is 0 Å². The van der Waals surface area contributed by atoms with Crippen LogP contribution in [-0.2, 0) is 17.6 Å². The maximum absolute atomic E-state index is 14.1. The number of phenolic OH excluding ortho intramolecular Hbond substituents is 1. The fourth-order valence-corrected chi connectivity index (χ4v) is 4.97. The third kappa shape index (κ3) is 5.64. The highest BCUT2D eigenvalue weighted by atomic mass is 19.1. The van der Waals surface area contributed by atoms with Crippen LogP contribution in [0, 0.1) is 11.6 Å². The molecule has 0 spiro atoms. The topological polar surface area (TPSA) is 132 Å². The number of pyridine rings is 1. The Kier molecular flexibility index (Phi) is 6.90. The molecule has 204 valence electrons. The number of hydrogen-bond donors (Lipinski definition) is 4. The van der Waals surface area contributed by atoms with Gasteiger partial charge in [0.15, 0.2) is 5.82 Å². The molecule has 1 atom stereocenters. The van der Waals surface area contributed by atoms with E-state index in [2.05, 4.69) is 35.9 Å². The number of aromatic nitrogens is 6. The number of phenols is 1. The van der Waals surface area contributed by atoms with Crippen LogP contribution in [0.4, 0.5) is 8.78 Å². The van der Waals surface area contributed by atoms with Crippen molar-refractivity contribution in [2.45, 2.75) is 18.9 Å². The normalized spacial score (nSPS) is 12.0. The molecule has 3 aromatic carbocycles. The van der Waals surface area contributed by atoms with Gasteiger partial charge in [0, 0.05) is 40.5 Å². The fraction of sp³-hybridized carbons (Fsp3) is 0.100. The predicted molar refractivity (Wildman–Crippen MR) is 147 cm³/mol. The standard InChI is InChI=1S/C30H23F2N7O2/c31-21-9-17(10-22(32)14-21)11-27(35-28(41)13-20-16-34-26-7-6-23(40)15-25(20)26)29-24(5-2-8-33-29)18-3-1-4-19(12-18)30-36-38-39-37-30/h1-10,12,14-16,27,34,40H,11,13H2,(H,35,41)(H,36,37,38,39). The minimum Gasteiger partial charge on any atom is -0.508 e. The van der Waals surface area contributed by atoms with Gasteiger partial charge in [-0.3, -0.25) is 9.78 Å². The molecule has 41 heavy (non-hydrogen) atoms. The average Bonchev–Trinajstić information content (AvgIpc) is 3.63. The Morgan fingerprint density at radius 1 is 0.976 bits per heavy atom. The zero-order valence-electron chi connectivity index (χ0n) is 21.5. The molecular formula is C30H23F2N7O2. The minimum atomic E-state index is -0.728. The number of benzene rings is 3. The first kappa shape index (κ1) is 25.8. The number of aromatic hydroxyl groups is 1. The highest BCUT2D eigenvalue weighted by Gasteiger charge is 2.22. The number of aromatic amines is 2. The summed E-state index contributed by atoms with van der Waals surface area (Å²) in [5.41, 5.74) is 4.63. The lowest BCUT2D eigenvalue weighted by atomic mass is 9.94. The van der Waals surface area contributed by atoms with Gasteiger partial charge < -0.3 is 15.4 Å². The summed E-state index contributed by atoms with van der Waals surface area (Å²) in [5, 5.41) is 27.7. The van der Waals surface area contributed by atoms with Crippen LogP contribution in [0.3, 0.4) is 0 Å². The van der Waals surface area contributed by atoms with E-state index in [9.17, 15) is 18.7 Å². The molecule has 0 aliphatic heterocycles. The Hall–Kier alpha value is -5.45. The SMILES string of the molecule is O=C(Cc1c[nH]c2ccc(O)cc12)NC(Cc1cc(F)cc(F)c1)c1ncccc1-c1cccc(-c2nnn[nH]2)c1. The zero-order valence-corrected chi connectivity index (χ0v) is 21.5. The van der Waals surface area contributed by atoms with Crippen LogP contribution in [0.15, 0.2) is 85.2 Å². The highest BCUT2D eigenvalue weighted by molar-refractivity contribution is 5.90. The number of carbonyl (C=O) groups excluding carboxylic acids is 1. The Balaban J connectivity index is 1.36. The maximum atomic E-state index is 14.1. The van der Waals surface area contributed by atoms with Gasteiger partial charge in [0.2, 0.25) is 5.91 Å². The number of rotatable bonds is 8. The smallest absolute Gasteiger partial charge is 0.225 e. The van der Waals surface area contributed by atoms with E-state index in [-0.39, 0.29) is 24.5 Å². The van der Waals surface area contributed by atoms with Gasteiger partial charge in [0.1, 0.15) is 17.4 Å². The lowest BCUT2D eigenvalue weighted by molar-refractivity contribution is -0.121. The summed E-state index contributed by atoms with van der Waals surface area (Å²) in [5.74, 6) is -1.17. The first-order chi connectivity index (χ1) is 19.9. The van der Waals surface area contributed by atoms with Crippen molar-refractivity contribution >= 4 is 16.8 Å².